The van der Waals surface area contributed by atoms with Crippen LogP contribution in [-0.2, 0) is 10.0 Å². The Hall–Kier alpha value is -2.15. The molecular weight excluding hydrogens is 282 g/mol. The molecule has 0 aliphatic carbocycles. The first-order valence-corrected chi connectivity index (χ1v) is 7.56. The van der Waals surface area contributed by atoms with E-state index in [1.54, 1.807) is 30.3 Å². The Labute approximate surface area is 116 Å². The van der Waals surface area contributed by atoms with E-state index in [2.05, 4.69) is 0 Å². The minimum absolute atomic E-state index is 0.0243. The van der Waals surface area contributed by atoms with Crippen molar-refractivity contribution in [3.8, 4) is 22.8 Å². The van der Waals surface area contributed by atoms with Gasteiger partial charge in [-0.05, 0) is 6.92 Å². The fourth-order valence-electron chi connectivity index (χ4n) is 1.72. The largest absolute Gasteiger partial charge is 0.502 e. The van der Waals surface area contributed by atoms with Crippen molar-refractivity contribution in [1.29, 1.82) is 0 Å². The number of aromatic hydroxyl groups is 2. The van der Waals surface area contributed by atoms with Crippen molar-refractivity contribution in [2.24, 2.45) is 0 Å². The van der Waals surface area contributed by atoms with Crippen molar-refractivity contribution in [3.05, 3.63) is 30.3 Å². The zero-order valence-electron chi connectivity index (χ0n) is 11.1. The normalized spacial score (nSPS) is 11.5. The van der Waals surface area contributed by atoms with Crippen LogP contribution in [0.5, 0.6) is 11.5 Å². The zero-order chi connectivity index (χ0) is 14.9. The molecule has 1 heterocycles. The molecule has 2 rings (SSSR count). The molecule has 0 saturated carbocycles. The number of anilines is 1. The summed E-state index contributed by atoms with van der Waals surface area (Å²) in [5.41, 5.74) is 0.536. The van der Waals surface area contributed by atoms with Crippen molar-refractivity contribution in [2.75, 3.05) is 17.1 Å². The third kappa shape index (κ3) is 2.32. The van der Waals surface area contributed by atoms with Crippen LogP contribution in [0.15, 0.2) is 34.7 Å². The number of hydrogen-bond acceptors (Lipinski definition) is 5. The van der Waals surface area contributed by atoms with Gasteiger partial charge in [-0.25, -0.2) is 12.7 Å². The van der Waals surface area contributed by atoms with E-state index in [4.69, 9.17) is 4.42 Å². The third-order valence-electron chi connectivity index (χ3n) is 2.94. The fraction of sp³-hybridized carbons (Fsp3) is 0.231. The molecule has 108 valence electrons. The van der Waals surface area contributed by atoms with Gasteiger partial charge in [0, 0.05) is 12.6 Å². The Balaban J connectivity index is 2.54. The summed E-state index contributed by atoms with van der Waals surface area (Å²) in [6.07, 6.45) is 0. The summed E-state index contributed by atoms with van der Waals surface area (Å²) in [7, 11) is -2.34. The van der Waals surface area contributed by atoms with Crippen LogP contribution >= 0.6 is 0 Å². The quantitative estimate of drug-likeness (QED) is 0.902. The van der Waals surface area contributed by atoms with E-state index >= 15 is 0 Å². The first-order chi connectivity index (χ1) is 9.38. The predicted octanol–water partition coefficient (Wildman–Crippen LogP) is 2.14. The third-order valence-corrected chi connectivity index (χ3v) is 4.67. The molecule has 0 aliphatic heterocycles. The summed E-state index contributed by atoms with van der Waals surface area (Å²) >= 11 is 0. The van der Waals surface area contributed by atoms with Gasteiger partial charge >= 0.3 is 0 Å². The molecule has 2 N–H and O–H groups in total. The lowest BCUT2D eigenvalue weighted by Crippen LogP contribution is -2.27. The first kappa shape index (κ1) is 14.3. The Morgan fingerprint density at radius 1 is 1.15 bits per heavy atom. The molecular formula is C13H15NO5S. The predicted molar refractivity (Wildman–Crippen MR) is 75.3 cm³/mol. The van der Waals surface area contributed by atoms with E-state index < -0.39 is 21.5 Å². The van der Waals surface area contributed by atoms with Crippen LogP contribution in [0, 0.1) is 0 Å². The molecule has 0 bridgehead atoms. The van der Waals surface area contributed by atoms with Gasteiger partial charge in [0.2, 0.25) is 21.5 Å². The molecule has 1 aromatic heterocycles. The maximum atomic E-state index is 11.8. The van der Waals surface area contributed by atoms with E-state index in [0.29, 0.717) is 5.56 Å². The van der Waals surface area contributed by atoms with Crippen LogP contribution < -0.4 is 4.31 Å². The maximum absolute atomic E-state index is 11.8. The molecule has 0 fully saturated rings. The highest BCUT2D eigenvalue weighted by molar-refractivity contribution is 7.92. The molecule has 2 aromatic rings. The number of nitrogens with zero attached hydrogens (tertiary/aromatic N) is 1. The Bertz CT molecular complexity index is 706. The minimum Gasteiger partial charge on any atom is -0.502 e. The molecule has 0 unspecified atom stereocenters. The molecule has 20 heavy (non-hydrogen) atoms. The molecule has 0 amide bonds. The minimum atomic E-state index is -3.59. The van der Waals surface area contributed by atoms with Gasteiger partial charge in [-0.1, -0.05) is 30.3 Å². The van der Waals surface area contributed by atoms with E-state index in [9.17, 15) is 18.6 Å². The Morgan fingerprint density at radius 2 is 1.75 bits per heavy atom. The highest BCUT2D eigenvalue weighted by atomic mass is 32.2. The number of furan rings is 1. The summed E-state index contributed by atoms with van der Waals surface area (Å²) in [5, 5.41) is 19.8. The van der Waals surface area contributed by atoms with Gasteiger partial charge in [-0.3, -0.25) is 0 Å². The highest BCUT2D eigenvalue weighted by Gasteiger charge is 2.28. The molecule has 1 aromatic carbocycles. The van der Waals surface area contributed by atoms with Crippen LogP contribution in [-0.4, -0.2) is 31.4 Å². The standard InChI is InChI=1S/C13H15NO5S/c1-3-20(17,18)14(2)13-11(16)10(15)12(19-13)9-7-5-4-6-8-9/h4-8,15-16H,3H2,1-2H3. The van der Waals surface area contributed by atoms with Gasteiger partial charge in [0.05, 0.1) is 5.75 Å². The summed E-state index contributed by atoms with van der Waals surface area (Å²) < 4.78 is 29.7. The lowest BCUT2D eigenvalue weighted by Gasteiger charge is -2.14. The first-order valence-electron chi connectivity index (χ1n) is 5.95. The zero-order valence-corrected chi connectivity index (χ0v) is 11.9. The van der Waals surface area contributed by atoms with Crippen LogP contribution in [0.2, 0.25) is 0 Å². The topological polar surface area (TPSA) is 91.0 Å². The SMILES string of the molecule is CCS(=O)(=O)N(C)c1oc(-c2ccccc2)c(O)c1O. The summed E-state index contributed by atoms with van der Waals surface area (Å²) in [4.78, 5) is 0. The van der Waals surface area contributed by atoms with Crippen molar-refractivity contribution in [3.63, 3.8) is 0 Å². The van der Waals surface area contributed by atoms with Crippen molar-refractivity contribution in [2.45, 2.75) is 6.92 Å². The van der Waals surface area contributed by atoms with Gasteiger partial charge in [-0.2, -0.15) is 0 Å². The number of benzene rings is 1. The van der Waals surface area contributed by atoms with E-state index in [-0.39, 0.29) is 17.4 Å². The fourth-order valence-corrected chi connectivity index (χ4v) is 2.48. The summed E-state index contributed by atoms with van der Waals surface area (Å²) in [6, 6.07) is 8.62. The molecule has 0 saturated heterocycles. The monoisotopic (exact) mass is 297 g/mol. The van der Waals surface area contributed by atoms with Crippen molar-refractivity contribution >= 4 is 15.9 Å². The van der Waals surface area contributed by atoms with E-state index in [1.165, 1.54) is 14.0 Å². The van der Waals surface area contributed by atoms with Gasteiger partial charge in [0.1, 0.15) is 0 Å². The number of hydrogen-bond donors (Lipinski definition) is 2. The number of sulfonamides is 1. The highest BCUT2D eigenvalue weighted by Crippen LogP contribution is 2.46. The lowest BCUT2D eigenvalue weighted by atomic mass is 10.1. The van der Waals surface area contributed by atoms with Crippen molar-refractivity contribution < 1.29 is 23.0 Å². The molecule has 6 nitrogen and oxygen atoms in total. The maximum Gasteiger partial charge on any atom is 0.256 e. The van der Waals surface area contributed by atoms with Gasteiger partial charge < -0.3 is 14.6 Å². The second-order valence-electron chi connectivity index (χ2n) is 4.17. The summed E-state index contributed by atoms with van der Waals surface area (Å²) in [5.74, 6) is -1.50. The second-order valence-corrected chi connectivity index (χ2v) is 6.46. The number of rotatable bonds is 4. The Morgan fingerprint density at radius 3 is 2.30 bits per heavy atom. The summed E-state index contributed by atoms with van der Waals surface area (Å²) in [6.45, 7) is 1.48. The molecule has 0 atom stereocenters. The lowest BCUT2D eigenvalue weighted by molar-refractivity contribution is 0.409. The molecule has 0 spiro atoms. The van der Waals surface area contributed by atoms with Gasteiger partial charge in [0.15, 0.2) is 5.76 Å². The van der Waals surface area contributed by atoms with Crippen molar-refractivity contribution in [1.82, 2.24) is 0 Å². The second kappa shape index (κ2) is 5.09. The van der Waals surface area contributed by atoms with Crippen LogP contribution in [0.25, 0.3) is 11.3 Å². The van der Waals surface area contributed by atoms with E-state index in [1.807, 2.05) is 0 Å². The van der Waals surface area contributed by atoms with Crippen LogP contribution in [0.3, 0.4) is 0 Å². The van der Waals surface area contributed by atoms with Gasteiger partial charge in [-0.15, -0.1) is 0 Å². The molecule has 7 heteroatoms. The van der Waals surface area contributed by atoms with Gasteiger partial charge in [0.25, 0.3) is 5.88 Å². The average Bonchev–Trinajstić information content (AvgIpc) is 2.75. The van der Waals surface area contributed by atoms with Crippen LogP contribution in [0.4, 0.5) is 5.88 Å². The smallest absolute Gasteiger partial charge is 0.256 e. The molecule has 0 radical (unpaired) electrons. The Kier molecular flexibility index (Phi) is 3.63. The van der Waals surface area contributed by atoms with Crippen LogP contribution in [0.1, 0.15) is 6.92 Å². The average molecular weight is 297 g/mol. The molecule has 0 aliphatic rings. The van der Waals surface area contributed by atoms with E-state index in [0.717, 1.165) is 4.31 Å².